The molecule has 1 aliphatic rings. The van der Waals surface area contributed by atoms with E-state index in [1.165, 1.54) is 9.87 Å². The maximum atomic E-state index is 11.8. The van der Waals surface area contributed by atoms with E-state index in [9.17, 15) is 18.0 Å². The predicted molar refractivity (Wildman–Crippen MR) is 95.5 cm³/mol. The van der Waals surface area contributed by atoms with Crippen molar-refractivity contribution in [2.24, 2.45) is 0 Å². The van der Waals surface area contributed by atoms with Crippen LogP contribution in [0.25, 0.3) is 0 Å². The topological polar surface area (TPSA) is 95.6 Å². The lowest BCUT2D eigenvalue weighted by atomic mass is 10.0. The molecule has 1 saturated heterocycles. The van der Waals surface area contributed by atoms with Crippen molar-refractivity contribution < 1.29 is 18.0 Å². The molecule has 2 rings (SSSR count). The van der Waals surface area contributed by atoms with Gasteiger partial charge in [-0.05, 0) is 30.4 Å². The van der Waals surface area contributed by atoms with E-state index >= 15 is 0 Å². The first-order chi connectivity index (χ1) is 11.9. The third kappa shape index (κ3) is 5.54. The summed E-state index contributed by atoms with van der Waals surface area (Å²) in [7, 11) is -3.18. The SMILES string of the molecule is CCc1ccccc1CCNC(=O)C(=O)NCCN1CCCS1(=O)=O. The average Bonchev–Trinajstić information content (AvgIpc) is 2.93. The third-order valence-electron chi connectivity index (χ3n) is 4.24. The number of carbonyl (C=O) groups excluding carboxylic acids is 2. The lowest BCUT2D eigenvalue weighted by Gasteiger charge is -2.14. The zero-order valence-electron chi connectivity index (χ0n) is 14.5. The Bertz CT molecular complexity index is 718. The molecule has 0 atom stereocenters. The van der Waals surface area contributed by atoms with E-state index in [-0.39, 0.29) is 18.8 Å². The summed E-state index contributed by atoms with van der Waals surface area (Å²) >= 11 is 0. The fraction of sp³-hybridized carbons (Fsp3) is 0.529. The zero-order valence-corrected chi connectivity index (χ0v) is 15.3. The number of sulfonamides is 1. The summed E-state index contributed by atoms with van der Waals surface area (Å²) < 4.78 is 24.6. The average molecular weight is 367 g/mol. The van der Waals surface area contributed by atoms with Gasteiger partial charge in [-0.2, -0.15) is 0 Å². The number of rotatable bonds is 7. The van der Waals surface area contributed by atoms with Crippen molar-refractivity contribution >= 4 is 21.8 Å². The summed E-state index contributed by atoms with van der Waals surface area (Å²) in [6.07, 6.45) is 2.19. The van der Waals surface area contributed by atoms with Gasteiger partial charge in [0.25, 0.3) is 0 Å². The van der Waals surface area contributed by atoms with Crippen LogP contribution in [0.4, 0.5) is 0 Å². The van der Waals surface area contributed by atoms with Gasteiger partial charge in [0.2, 0.25) is 10.0 Å². The van der Waals surface area contributed by atoms with Gasteiger partial charge in [0.1, 0.15) is 0 Å². The second-order valence-corrected chi connectivity index (χ2v) is 8.04. The maximum absolute atomic E-state index is 11.8. The van der Waals surface area contributed by atoms with Crippen LogP contribution in [0.5, 0.6) is 0 Å². The highest BCUT2D eigenvalue weighted by Crippen LogP contribution is 2.11. The van der Waals surface area contributed by atoms with Gasteiger partial charge in [0, 0.05) is 26.2 Å². The predicted octanol–water partition coefficient (Wildman–Crippen LogP) is 0.0594. The van der Waals surface area contributed by atoms with E-state index in [1.807, 2.05) is 18.2 Å². The summed E-state index contributed by atoms with van der Waals surface area (Å²) in [6.45, 7) is 3.26. The summed E-state index contributed by atoms with van der Waals surface area (Å²) in [5.74, 6) is -1.28. The van der Waals surface area contributed by atoms with Crippen molar-refractivity contribution in [3.63, 3.8) is 0 Å². The van der Waals surface area contributed by atoms with Crippen LogP contribution in [0, 0.1) is 0 Å². The molecular formula is C17H25N3O4S. The molecule has 2 amide bonds. The van der Waals surface area contributed by atoms with E-state index in [1.54, 1.807) is 0 Å². The second kappa shape index (κ2) is 8.96. The molecule has 25 heavy (non-hydrogen) atoms. The Morgan fingerprint density at radius 3 is 2.32 bits per heavy atom. The van der Waals surface area contributed by atoms with Gasteiger partial charge in [-0.3, -0.25) is 9.59 Å². The van der Waals surface area contributed by atoms with Gasteiger partial charge in [0.05, 0.1) is 5.75 Å². The maximum Gasteiger partial charge on any atom is 0.309 e. The van der Waals surface area contributed by atoms with Crippen molar-refractivity contribution in [2.75, 3.05) is 31.9 Å². The van der Waals surface area contributed by atoms with Crippen LogP contribution in [-0.2, 0) is 32.5 Å². The molecule has 0 radical (unpaired) electrons. The number of nitrogens with one attached hydrogen (secondary N) is 2. The quantitative estimate of drug-likeness (QED) is 0.666. The molecule has 138 valence electrons. The van der Waals surface area contributed by atoms with Crippen molar-refractivity contribution in [1.29, 1.82) is 0 Å². The number of hydrogen-bond acceptors (Lipinski definition) is 4. The van der Waals surface area contributed by atoms with E-state index in [2.05, 4.69) is 23.6 Å². The molecule has 0 aromatic heterocycles. The van der Waals surface area contributed by atoms with Gasteiger partial charge in [-0.1, -0.05) is 31.2 Å². The molecule has 0 saturated carbocycles. The van der Waals surface area contributed by atoms with Gasteiger partial charge in [0.15, 0.2) is 0 Å². The van der Waals surface area contributed by atoms with Crippen LogP contribution in [-0.4, -0.2) is 56.5 Å². The molecule has 2 N–H and O–H groups in total. The van der Waals surface area contributed by atoms with Gasteiger partial charge in [-0.25, -0.2) is 12.7 Å². The van der Waals surface area contributed by atoms with Crippen LogP contribution in [0.15, 0.2) is 24.3 Å². The Balaban J connectivity index is 1.69. The number of nitrogens with zero attached hydrogens (tertiary/aromatic N) is 1. The minimum Gasteiger partial charge on any atom is -0.348 e. The van der Waals surface area contributed by atoms with Crippen LogP contribution >= 0.6 is 0 Å². The van der Waals surface area contributed by atoms with Crippen LogP contribution in [0.1, 0.15) is 24.5 Å². The van der Waals surface area contributed by atoms with Gasteiger partial charge >= 0.3 is 11.8 Å². The van der Waals surface area contributed by atoms with E-state index in [4.69, 9.17) is 0 Å². The third-order valence-corrected chi connectivity index (χ3v) is 6.19. The normalized spacial score (nSPS) is 16.5. The molecule has 0 aliphatic carbocycles. The zero-order chi connectivity index (χ0) is 18.3. The van der Waals surface area contributed by atoms with Crippen molar-refractivity contribution in [3.8, 4) is 0 Å². The number of carbonyl (C=O) groups is 2. The van der Waals surface area contributed by atoms with Gasteiger partial charge in [-0.15, -0.1) is 0 Å². The van der Waals surface area contributed by atoms with E-state index < -0.39 is 21.8 Å². The van der Waals surface area contributed by atoms with Crippen molar-refractivity contribution in [1.82, 2.24) is 14.9 Å². The molecule has 1 aliphatic heterocycles. The summed E-state index contributed by atoms with van der Waals surface area (Å²) in [5, 5.41) is 5.06. The fourth-order valence-corrected chi connectivity index (χ4v) is 4.38. The number of aryl methyl sites for hydroxylation is 1. The largest absolute Gasteiger partial charge is 0.348 e. The molecule has 1 aromatic rings. The molecule has 8 heteroatoms. The number of benzene rings is 1. The lowest BCUT2D eigenvalue weighted by Crippen LogP contribution is -2.43. The van der Waals surface area contributed by atoms with Crippen LogP contribution in [0.3, 0.4) is 0 Å². The fourth-order valence-electron chi connectivity index (χ4n) is 2.85. The van der Waals surface area contributed by atoms with Gasteiger partial charge < -0.3 is 10.6 Å². The highest BCUT2D eigenvalue weighted by molar-refractivity contribution is 7.89. The number of hydrogen-bond donors (Lipinski definition) is 2. The smallest absolute Gasteiger partial charge is 0.309 e. The molecule has 7 nitrogen and oxygen atoms in total. The first-order valence-electron chi connectivity index (χ1n) is 8.54. The first kappa shape index (κ1) is 19.4. The standard InChI is InChI=1S/C17H25N3O4S/c1-2-14-6-3-4-7-15(14)8-9-18-16(21)17(22)19-10-12-20-11-5-13-25(20,23)24/h3-4,6-7H,2,5,8-13H2,1H3,(H,18,21)(H,19,22). The van der Waals surface area contributed by atoms with Crippen molar-refractivity contribution in [2.45, 2.75) is 26.2 Å². The second-order valence-electron chi connectivity index (χ2n) is 5.95. The molecule has 1 fully saturated rings. The molecular weight excluding hydrogens is 342 g/mol. The Hall–Kier alpha value is -1.93. The Kier molecular flexibility index (Phi) is 6.95. The summed E-state index contributed by atoms with van der Waals surface area (Å²) in [4.78, 5) is 23.5. The van der Waals surface area contributed by atoms with E-state index in [0.717, 1.165) is 12.0 Å². The first-order valence-corrected chi connectivity index (χ1v) is 10.2. The van der Waals surface area contributed by atoms with E-state index in [0.29, 0.717) is 25.9 Å². The Morgan fingerprint density at radius 2 is 1.72 bits per heavy atom. The molecule has 0 bridgehead atoms. The van der Waals surface area contributed by atoms with Crippen LogP contribution < -0.4 is 10.6 Å². The van der Waals surface area contributed by atoms with Crippen molar-refractivity contribution in [3.05, 3.63) is 35.4 Å². The van der Waals surface area contributed by atoms with Crippen LogP contribution in [0.2, 0.25) is 0 Å². The number of amides is 2. The lowest BCUT2D eigenvalue weighted by molar-refractivity contribution is -0.139. The molecule has 1 aromatic carbocycles. The molecule has 1 heterocycles. The highest BCUT2D eigenvalue weighted by Gasteiger charge is 2.27. The Labute approximate surface area is 148 Å². The highest BCUT2D eigenvalue weighted by atomic mass is 32.2. The summed E-state index contributed by atoms with van der Waals surface area (Å²) in [6, 6.07) is 8.00. The molecule has 0 spiro atoms. The molecule has 0 unspecified atom stereocenters. The summed E-state index contributed by atoms with van der Waals surface area (Å²) in [5.41, 5.74) is 2.39. The Morgan fingerprint density at radius 1 is 1.08 bits per heavy atom. The monoisotopic (exact) mass is 367 g/mol. The minimum atomic E-state index is -3.18. The minimum absolute atomic E-state index is 0.129.